The normalized spacial score (nSPS) is 11.0. The molecule has 0 bridgehead atoms. The first-order chi connectivity index (χ1) is 13.0. The average molecular weight is 385 g/mol. The highest BCUT2D eigenvalue weighted by molar-refractivity contribution is 7.92. The SMILES string of the molecule is COc1cccc(Oc2ccc(N(Cc3cccnc3)S(C)(=O)=O)cn2)c1. The number of methoxy groups -OCH3 is 1. The predicted molar refractivity (Wildman–Crippen MR) is 103 cm³/mol. The number of sulfonamides is 1. The van der Waals surface area contributed by atoms with Gasteiger partial charge in [-0.05, 0) is 29.8 Å². The molecule has 2 heterocycles. The molecule has 0 saturated carbocycles. The molecule has 140 valence electrons. The molecule has 0 radical (unpaired) electrons. The summed E-state index contributed by atoms with van der Waals surface area (Å²) in [5, 5.41) is 0. The van der Waals surface area contributed by atoms with Gasteiger partial charge in [0.25, 0.3) is 0 Å². The molecule has 0 N–H and O–H groups in total. The number of nitrogens with zero attached hydrogens (tertiary/aromatic N) is 3. The standard InChI is InChI=1S/C19H19N3O4S/c1-25-17-6-3-7-18(11-17)26-19-9-8-16(13-21-19)22(27(2,23)24)14-15-5-4-10-20-12-15/h3-13H,14H2,1-2H3. The summed E-state index contributed by atoms with van der Waals surface area (Å²) >= 11 is 0. The molecule has 7 nitrogen and oxygen atoms in total. The van der Waals surface area contributed by atoms with Crippen LogP contribution in [-0.4, -0.2) is 31.8 Å². The summed E-state index contributed by atoms with van der Waals surface area (Å²) in [6.45, 7) is 0.171. The minimum atomic E-state index is -3.49. The van der Waals surface area contributed by atoms with E-state index in [0.29, 0.717) is 23.1 Å². The summed E-state index contributed by atoms with van der Waals surface area (Å²) in [6, 6.07) is 14.0. The Morgan fingerprint density at radius 2 is 1.85 bits per heavy atom. The quantitative estimate of drug-likeness (QED) is 0.621. The monoisotopic (exact) mass is 385 g/mol. The van der Waals surface area contributed by atoms with Crippen molar-refractivity contribution in [2.24, 2.45) is 0 Å². The number of rotatable bonds is 7. The van der Waals surface area contributed by atoms with Crippen LogP contribution in [0.25, 0.3) is 0 Å². The number of hydrogen-bond donors (Lipinski definition) is 0. The van der Waals surface area contributed by atoms with E-state index in [1.807, 2.05) is 18.2 Å². The zero-order chi connectivity index (χ0) is 19.3. The van der Waals surface area contributed by atoms with Crippen molar-refractivity contribution in [1.82, 2.24) is 9.97 Å². The number of hydrogen-bond acceptors (Lipinski definition) is 6. The largest absolute Gasteiger partial charge is 0.497 e. The van der Waals surface area contributed by atoms with Gasteiger partial charge in [0.1, 0.15) is 11.5 Å². The van der Waals surface area contributed by atoms with E-state index >= 15 is 0 Å². The van der Waals surface area contributed by atoms with Crippen molar-refractivity contribution >= 4 is 15.7 Å². The van der Waals surface area contributed by atoms with E-state index in [4.69, 9.17) is 9.47 Å². The molecule has 0 unspecified atom stereocenters. The van der Waals surface area contributed by atoms with Gasteiger partial charge in [0.2, 0.25) is 15.9 Å². The maximum Gasteiger partial charge on any atom is 0.232 e. The Hall–Kier alpha value is -3.13. The van der Waals surface area contributed by atoms with Crippen molar-refractivity contribution in [3.63, 3.8) is 0 Å². The van der Waals surface area contributed by atoms with Crippen LogP contribution in [0.2, 0.25) is 0 Å². The molecule has 2 aromatic heterocycles. The van der Waals surface area contributed by atoms with Gasteiger partial charge in [0, 0.05) is 24.5 Å². The molecule has 0 atom stereocenters. The van der Waals surface area contributed by atoms with E-state index in [1.165, 1.54) is 10.5 Å². The molecule has 1 aromatic carbocycles. The summed E-state index contributed by atoms with van der Waals surface area (Å²) in [5.74, 6) is 1.59. The number of benzene rings is 1. The van der Waals surface area contributed by atoms with Gasteiger partial charge in [-0.2, -0.15) is 0 Å². The Labute approximate surface area is 158 Å². The molecule has 0 aliphatic heterocycles. The second-order valence-corrected chi connectivity index (χ2v) is 7.67. The zero-order valence-corrected chi connectivity index (χ0v) is 15.8. The summed E-state index contributed by atoms with van der Waals surface area (Å²) in [4.78, 5) is 8.24. The summed E-state index contributed by atoms with van der Waals surface area (Å²) < 4.78 is 36.5. The van der Waals surface area contributed by atoms with Gasteiger partial charge < -0.3 is 9.47 Å². The van der Waals surface area contributed by atoms with Gasteiger partial charge in [0.05, 0.1) is 31.8 Å². The first-order valence-electron chi connectivity index (χ1n) is 8.10. The van der Waals surface area contributed by atoms with Crippen LogP contribution in [0, 0.1) is 0 Å². The molecule has 0 saturated heterocycles. The van der Waals surface area contributed by atoms with E-state index in [1.54, 1.807) is 49.8 Å². The third-order valence-electron chi connectivity index (χ3n) is 3.72. The van der Waals surface area contributed by atoms with Crippen molar-refractivity contribution in [2.75, 3.05) is 17.7 Å². The first kappa shape index (κ1) is 18.7. The number of aromatic nitrogens is 2. The highest BCUT2D eigenvalue weighted by Gasteiger charge is 2.18. The third-order valence-corrected chi connectivity index (χ3v) is 4.86. The van der Waals surface area contributed by atoms with Crippen molar-refractivity contribution < 1.29 is 17.9 Å². The second kappa shape index (κ2) is 8.05. The lowest BCUT2D eigenvalue weighted by molar-refractivity contribution is 0.407. The molecule has 0 aliphatic carbocycles. The fraction of sp³-hybridized carbons (Fsp3) is 0.158. The van der Waals surface area contributed by atoms with Gasteiger partial charge in [0.15, 0.2) is 0 Å². The summed E-state index contributed by atoms with van der Waals surface area (Å²) in [6.07, 6.45) is 5.89. The Morgan fingerprint density at radius 1 is 1.04 bits per heavy atom. The number of pyridine rings is 2. The third kappa shape index (κ3) is 4.95. The van der Waals surface area contributed by atoms with Gasteiger partial charge in [-0.3, -0.25) is 9.29 Å². The van der Waals surface area contributed by atoms with Crippen LogP contribution in [0.3, 0.4) is 0 Å². The lowest BCUT2D eigenvalue weighted by Gasteiger charge is -2.22. The Balaban J connectivity index is 1.80. The molecule has 0 aliphatic rings. The second-order valence-electron chi connectivity index (χ2n) is 5.77. The van der Waals surface area contributed by atoms with Crippen LogP contribution in [0.4, 0.5) is 5.69 Å². The zero-order valence-electron chi connectivity index (χ0n) is 14.9. The smallest absolute Gasteiger partial charge is 0.232 e. The average Bonchev–Trinajstić information content (AvgIpc) is 2.67. The van der Waals surface area contributed by atoms with Crippen LogP contribution in [0.5, 0.6) is 17.4 Å². The highest BCUT2D eigenvalue weighted by atomic mass is 32.2. The lowest BCUT2D eigenvalue weighted by atomic mass is 10.3. The molecule has 8 heteroatoms. The molecular weight excluding hydrogens is 366 g/mol. The Kier molecular flexibility index (Phi) is 5.56. The van der Waals surface area contributed by atoms with E-state index < -0.39 is 10.0 Å². The van der Waals surface area contributed by atoms with Gasteiger partial charge in [-0.1, -0.05) is 12.1 Å². The van der Waals surface area contributed by atoms with Crippen molar-refractivity contribution in [1.29, 1.82) is 0 Å². The van der Waals surface area contributed by atoms with E-state index in [0.717, 1.165) is 11.8 Å². The predicted octanol–water partition coefficient (Wildman–Crippen LogP) is 3.24. The molecule has 3 aromatic rings. The fourth-order valence-corrected chi connectivity index (χ4v) is 3.30. The van der Waals surface area contributed by atoms with Crippen molar-refractivity contribution in [3.05, 3.63) is 72.7 Å². The van der Waals surface area contributed by atoms with E-state index in [2.05, 4.69) is 9.97 Å². The summed E-state index contributed by atoms with van der Waals surface area (Å²) in [5.41, 5.74) is 1.22. The van der Waals surface area contributed by atoms with Crippen LogP contribution in [0.15, 0.2) is 67.1 Å². The van der Waals surface area contributed by atoms with Crippen LogP contribution >= 0.6 is 0 Å². The van der Waals surface area contributed by atoms with Crippen LogP contribution in [0.1, 0.15) is 5.56 Å². The first-order valence-corrected chi connectivity index (χ1v) is 9.95. The molecule has 0 fully saturated rings. The van der Waals surface area contributed by atoms with Crippen molar-refractivity contribution in [3.8, 4) is 17.4 Å². The van der Waals surface area contributed by atoms with E-state index in [9.17, 15) is 8.42 Å². The lowest BCUT2D eigenvalue weighted by Crippen LogP contribution is -2.29. The Morgan fingerprint density at radius 3 is 2.48 bits per heavy atom. The van der Waals surface area contributed by atoms with Gasteiger partial charge >= 0.3 is 0 Å². The van der Waals surface area contributed by atoms with Crippen LogP contribution in [-0.2, 0) is 16.6 Å². The molecule has 0 amide bonds. The van der Waals surface area contributed by atoms with Gasteiger partial charge in [-0.15, -0.1) is 0 Å². The molecule has 27 heavy (non-hydrogen) atoms. The minimum Gasteiger partial charge on any atom is -0.497 e. The topological polar surface area (TPSA) is 81.6 Å². The summed E-state index contributed by atoms with van der Waals surface area (Å²) in [7, 11) is -1.91. The highest BCUT2D eigenvalue weighted by Crippen LogP contribution is 2.26. The molecule has 0 spiro atoms. The fourth-order valence-electron chi connectivity index (χ4n) is 2.42. The number of ether oxygens (including phenoxy) is 2. The van der Waals surface area contributed by atoms with E-state index in [-0.39, 0.29) is 6.54 Å². The Bertz CT molecular complexity index is 993. The van der Waals surface area contributed by atoms with Gasteiger partial charge in [-0.25, -0.2) is 13.4 Å². The maximum absolute atomic E-state index is 12.2. The maximum atomic E-state index is 12.2. The molecular formula is C19H19N3O4S. The number of anilines is 1. The van der Waals surface area contributed by atoms with Crippen LogP contribution < -0.4 is 13.8 Å². The molecule has 3 rings (SSSR count). The van der Waals surface area contributed by atoms with Crippen molar-refractivity contribution in [2.45, 2.75) is 6.54 Å². The minimum absolute atomic E-state index is 0.171.